The number of para-hydroxylation sites is 1. The summed E-state index contributed by atoms with van der Waals surface area (Å²) in [6.07, 6.45) is -0.663. The summed E-state index contributed by atoms with van der Waals surface area (Å²) in [7, 11) is 0. The summed E-state index contributed by atoms with van der Waals surface area (Å²) in [5.41, 5.74) is 1.41. The van der Waals surface area contributed by atoms with Crippen molar-refractivity contribution < 1.29 is 14.3 Å². The van der Waals surface area contributed by atoms with Crippen LogP contribution in [0.2, 0.25) is 5.02 Å². The van der Waals surface area contributed by atoms with Crippen molar-refractivity contribution in [3.8, 4) is 0 Å². The largest absolute Gasteiger partial charge is 0.443 e. The summed E-state index contributed by atoms with van der Waals surface area (Å²) >= 11 is 6.07. The first-order chi connectivity index (χ1) is 11.3. The first-order valence-electron chi connectivity index (χ1n) is 7.69. The zero-order valence-corrected chi connectivity index (χ0v) is 14.5. The summed E-state index contributed by atoms with van der Waals surface area (Å²) in [5, 5.41) is 0.550. The van der Waals surface area contributed by atoms with Gasteiger partial charge in [0.05, 0.1) is 11.6 Å². The lowest BCUT2D eigenvalue weighted by Gasteiger charge is -2.24. The highest BCUT2D eigenvalue weighted by atomic mass is 35.5. The monoisotopic (exact) mass is 343 g/mol. The quantitative estimate of drug-likeness (QED) is 0.750. The van der Waals surface area contributed by atoms with Crippen LogP contribution in [0.4, 0.5) is 10.5 Å². The number of halogens is 1. The number of imide groups is 1. The molecule has 5 heteroatoms. The first kappa shape index (κ1) is 16.5. The van der Waals surface area contributed by atoms with Crippen LogP contribution < -0.4 is 4.90 Å². The van der Waals surface area contributed by atoms with E-state index in [0.29, 0.717) is 10.7 Å². The molecule has 2 aromatic carbocycles. The number of hydrogen-bond donors (Lipinski definition) is 0. The normalized spacial score (nSPS) is 16.9. The van der Waals surface area contributed by atoms with E-state index in [1.165, 1.54) is 0 Å². The Balaban J connectivity index is 2.06. The highest BCUT2D eigenvalue weighted by molar-refractivity contribution is 6.30. The Morgan fingerprint density at radius 2 is 1.83 bits per heavy atom. The number of fused-ring (bicyclic) bond motifs is 1. The van der Waals surface area contributed by atoms with Gasteiger partial charge < -0.3 is 4.74 Å². The number of hydrogen-bond acceptors (Lipinski definition) is 3. The molecule has 2 aromatic rings. The number of nitrogens with zero attached hydrogens (tertiary/aromatic N) is 1. The Kier molecular flexibility index (Phi) is 4.10. The molecule has 0 bridgehead atoms. The Bertz CT molecular complexity index is 810. The van der Waals surface area contributed by atoms with Gasteiger partial charge in [-0.15, -0.1) is 0 Å². The molecule has 4 nitrogen and oxygen atoms in total. The van der Waals surface area contributed by atoms with E-state index in [-0.39, 0.29) is 5.91 Å². The molecular weight excluding hydrogens is 326 g/mol. The molecule has 1 atom stereocenters. The van der Waals surface area contributed by atoms with Crippen molar-refractivity contribution in [2.45, 2.75) is 32.3 Å². The molecule has 0 fully saturated rings. The number of rotatable bonds is 1. The van der Waals surface area contributed by atoms with Crippen molar-refractivity contribution in [3.63, 3.8) is 0 Å². The zero-order valence-electron chi connectivity index (χ0n) is 13.7. The van der Waals surface area contributed by atoms with Crippen molar-refractivity contribution in [2.75, 3.05) is 4.90 Å². The van der Waals surface area contributed by atoms with E-state index in [4.69, 9.17) is 16.3 Å². The standard InChI is InChI=1S/C19H18ClNO3/c1-19(2,3)24-18(23)21-15-10-5-4-9-14(15)16(17(21)22)12-7-6-8-13(20)11-12/h4-11,16H,1-3H3. The Hall–Kier alpha value is -2.33. The second kappa shape index (κ2) is 5.95. The third-order valence-electron chi connectivity index (χ3n) is 3.71. The van der Waals surface area contributed by atoms with Gasteiger partial charge in [0.25, 0.3) is 0 Å². The van der Waals surface area contributed by atoms with Crippen molar-refractivity contribution in [1.29, 1.82) is 0 Å². The summed E-state index contributed by atoms with van der Waals surface area (Å²) in [6.45, 7) is 5.31. The minimum atomic E-state index is -0.680. The molecule has 0 saturated heterocycles. The van der Waals surface area contributed by atoms with Crippen LogP contribution in [0.1, 0.15) is 37.8 Å². The van der Waals surface area contributed by atoms with E-state index in [9.17, 15) is 9.59 Å². The molecule has 0 aliphatic carbocycles. The number of benzene rings is 2. The van der Waals surface area contributed by atoms with Crippen LogP contribution in [0.5, 0.6) is 0 Å². The zero-order chi connectivity index (χ0) is 17.5. The Morgan fingerprint density at radius 1 is 1.12 bits per heavy atom. The number of carbonyl (C=O) groups is 2. The minimum absolute atomic E-state index is 0.326. The predicted molar refractivity (Wildman–Crippen MR) is 93.5 cm³/mol. The smallest absolute Gasteiger partial charge is 0.421 e. The molecule has 0 aromatic heterocycles. The fraction of sp³-hybridized carbons (Fsp3) is 0.263. The van der Waals surface area contributed by atoms with E-state index in [1.807, 2.05) is 18.2 Å². The van der Waals surface area contributed by atoms with E-state index in [1.54, 1.807) is 51.1 Å². The van der Waals surface area contributed by atoms with Gasteiger partial charge in [0, 0.05) is 5.02 Å². The molecule has 1 aliphatic heterocycles. The van der Waals surface area contributed by atoms with E-state index >= 15 is 0 Å². The van der Waals surface area contributed by atoms with Crippen LogP contribution in [-0.2, 0) is 9.53 Å². The van der Waals surface area contributed by atoms with Gasteiger partial charge >= 0.3 is 6.09 Å². The summed E-state index contributed by atoms with van der Waals surface area (Å²) in [5.74, 6) is -0.889. The van der Waals surface area contributed by atoms with Crippen LogP contribution in [0.15, 0.2) is 48.5 Å². The Labute approximate surface area is 146 Å². The van der Waals surface area contributed by atoms with Crippen LogP contribution in [0.3, 0.4) is 0 Å². The molecule has 0 spiro atoms. The van der Waals surface area contributed by atoms with Crippen molar-refractivity contribution >= 4 is 29.3 Å². The highest BCUT2D eigenvalue weighted by Crippen LogP contribution is 2.42. The fourth-order valence-corrected chi connectivity index (χ4v) is 3.02. The molecule has 1 heterocycles. The molecule has 1 aliphatic rings. The molecule has 3 rings (SSSR count). The van der Waals surface area contributed by atoms with Crippen LogP contribution in [-0.4, -0.2) is 17.6 Å². The SMILES string of the molecule is CC(C)(C)OC(=O)N1C(=O)C(c2cccc(Cl)c2)c2ccccc21. The van der Waals surface area contributed by atoms with E-state index in [2.05, 4.69) is 0 Å². The minimum Gasteiger partial charge on any atom is -0.443 e. The lowest BCUT2D eigenvalue weighted by atomic mass is 9.93. The maximum absolute atomic E-state index is 13.0. The van der Waals surface area contributed by atoms with Gasteiger partial charge in [-0.25, -0.2) is 9.69 Å². The average molecular weight is 344 g/mol. The predicted octanol–water partition coefficient (Wildman–Crippen LogP) is 4.75. The molecular formula is C19H18ClNO3. The van der Waals surface area contributed by atoms with Crippen molar-refractivity contribution in [1.82, 2.24) is 0 Å². The van der Waals surface area contributed by atoms with Gasteiger partial charge in [-0.2, -0.15) is 0 Å². The van der Waals surface area contributed by atoms with Gasteiger partial charge in [0.1, 0.15) is 5.60 Å². The van der Waals surface area contributed by atoms with Gasteiger partial charge in [0.15, 0.2) is 0 Å². The maximum atomic E-state index is 13.0. The first-order valence-corrected chi connectivity index (χ1v) is 8.07. The van der Waals surface area contributed by atoms with Gasteiger partial charge in [-0.3, -0.25) is 4.79 Å². The summed E-state index contributed by atoms with van der Waals surface area (Å²) in [6, 6.07) is 14.4. The van der Waals surface area contributed by atoms with Crippen molar-refractivity contribution in [2.24, 2.45) is 0 Å². The number of ether oxygens (including phenoxy) is 1. The molecule has 0 N–H and O–H groups in total. The third-order valence-corrected chi connectivity index (χ3v) is 3.95. The topological polar surface area (TPSA) is 46.6 Å². The lowest BCUT2D eigenvalue weighted by Crippen LogP contribution is -2.39. The van der Waals surface area contributed by atoms with Crippen LogP contribution >= 0.6 is 11.6 Å². The van der Waals surface area contributed by atoms with Gasteiger partial charge in [-0.05, 0) is 50.1 Å². The highest BCUT2D eigenvalue weighted by Gasteiger charge is 2.43. The number of carbonyl (C=O) groups excluding carboxylic acids is 2. The molecule has 2 amide bonds. The fourth-order valence-electron chi connectivity index (χ4n) is 2.82. The molecule has 124 valence electrons. The average Bonchev–Trinajstić information content (AvgIpc) is 2.77. The maximum Gasteiger partial charge on any atom is 0.421 e. The summed E-state index contributed by atoms with van der Waals surface area (Å²) < 4.78 is 5.40. The van der Waals surface area contributed by atoms with Gasteiger partial charge in [0.2, 0.25) is 5.91 Å². The second-order valence-corrected chi connectivity index (χ2v) is 7.14. The number of amides is 2. The Morgan fingerprint density at radius 3 is 2.50 bits per heavy atom. The molecule has 0 saturated carbocycles. The van der Waals surface area contributed by atoms with Crippen molar-refractivity contribution in [3.05, 3.63) is 64.7 Å². The van der Waals surface area contributed by atoms with E-state index in [0.717, 1.165) is 16.0 Å². The van der Waals surface area contributed by atoms with Crippen LogP contribution in [0, 0.1) is 0 Å². The third kappa shape index (κ3) is 3.02. The molecule has 1 unspecified atom stereocenters. The van der Waals surface area contributed by atoms with Crippen LogP contribution in [0.25, 0.3) is 0 Å². The molecule has 24 heavy (non-hydrogen) atoms. The molecule has 0 radical (unpaired) electrons. The second-order valence-electron chi connectivity index (χ2n) is 6.70. The van der Waals surface area contributed by atoms with Gasteiger partial charge in [-0.1, -0.05) is 41.9 Å². The lowest BCUT2D eigenvalue weighted by molar-refractivity contribution is -0.118. The van der Waals surface area contributed by atoms with E-state index < -0.39 is 17.6 Å². The number of anilines is 1. The summed E-state index contributed by atoms with van der Waals surface area (Å²) in [4.78, 5) is 26.6.